The summed E-state index contributed by atoms with van der Waals surface area (Å²) < 4.78 is 7.58. The second kappa shape index (κ2) is 7.98. The van der Waals surface area contributed by atoms with E-state index in [9.17, 15) is 4.79 Å². The van der Waals surface area contributed by atoms with Gasteiger partial charge < -0.3 is 9.32 Å². The fraction of sp³-hybridized carbons (Fsp3) is 0.333. The SMILES string of the molecule is Cc1cc(-c2cc(C(=O)N(c3cccnc3)C(C)C)c3cnn(C(C)C)c3n2)c(C)o1. The van der Waals surface area contributed by atoms with E-state index in [1.165, 1.54) is 0 Å². The van der Waals surface area contributed by atoms with Gasteiger partial charge in [-0.05, 0) is 65.8 Å². The highest BCUT2D eigenvalue weighted by Gasteiger charge is 2.26. The van der Waals surface area contributed by atoms with Crippen LogP contribution in [0.25, 0.3) is 22.3 Å². The van der Waals surface area contributed by atoms with Crippen LogP contribution in [-0.4, -0.2) is 31.7 Å². The molecule has 1 amide bonds. The van der Waals surface area contributed by atoms with Gasteiger partial charge in [-0.3, -0.25) is 9.78 Å². The van der Waals surface area contributed by atoms with E-state index < -0.39 is 0 Å². The summed E-state index contributed by atoms with van der Waals surface area (Å²) in [6.07, 6.45) is 5.14. The van der Waals surface area contributed by atoms with Crippen LogP contribution < -0.4 is 4.90 Å². The molecule has 0 saturated carbocycles. The van der Waals surface area contributed by atoms with Crippen LogP contribution in [0.15, 0.2) is 47.3 Å². The van der Waals surface area contributed by atoms with Gasteiger partial charge in [0.15, 0.2) is 5.65 Å². The molecular weight excluding hydrogens is 390 g/mol. The highest BCUT2D eigenvalue weighted by Crippen LogP contribution is 2.31. The predicted octanol–water partition coefficient (Wildman–Crippen LogP) is 5.34. The first-order valence-corrected chi connectivity index (χ1v) is 10.5. The molecule has 0 bridgehead atoms. The molecular formula is C24H27N5O2. The first kappa shape index (κ1) is 20.8. The van der Waals surface area contributed by atoms with Gasteiger partial charge in [0.25, 0.3) is 5.91 Å². The van der Waals surface area contributed by atoms with Crippen LogP contribution in [0.1, 0.15) is 55.6 Å². The minimum atomic E-state index is -0.113. The summed E-state index contributed by atoms with van der Waals surface area (Å²) in [5, 5.41) is 5.26. The number of pyridine rings is 2. The molecule has 31 heavy (non-hydrogen) atoms. The number of furan rings is 1. The van der Waals surface area contributed by atoms with E-state index in [4.69, 9.17) is 9.40 Å². The van der Waals surface area contributed by atoms with Crippen molar-refractivity contribution in [1.29, 1.82) is 0 Å². The maximum absolute atomic E-state index is 13.9. The Bertz CT molecular complexity index is 1240. The third-order valence-corrected chi connectivity index (χ3v) is 5.26. The fourth-order valence-electron chi connectivity index (χ4n) is 3.87. The van der Waals surface area contributed by atoms with Crippen molar-refractivity contribution in [3.63, 3.8) is 0 Å². The highest BCUT2D eigenvalue weighted by molar-refractivity contribution is 6.14. The van der Waals surface area contributed by atoms with E-state index in [0.717, 1.165) is 28.2 Å². The quantitative estimate of drug-likeness (QED) is 0.438. The molecule has 0 aromatic carbocycles. The normalized spacial score (nSPS) is 11.6. The van der Waals surface area contributed by atoms with E-state index in [0.29, 0.717) is 16.9 Å². The number of anilines is 1. The second-order valence-corrected chi connectivity index (χ2v) is 8.28. The molecule has 0 saturated heterocycles. The third-order valence-electron chi connectivity index (χ3n) is 5.26. The number of aryl methyl sites for hydroxylation is 2. The lowest BCUT2D eigenvalue weighted by Gasteiger charge is -2.27. The molecule has 0 aliphatic carbocycles. The lowest BCUT2D eigenvalue weighted by molar-refractivity contribution is 0.0981. The van der Waals surface area contributed by atoms with Crippen LogP contribution in [0.3, 0.4) is 0 Å². The Morgan fingerprint density at radius 2 is 1.90 bits per heavy atom. The smallest absolute Gasteiger partial charge is 0.259 e. The van der Waals surface area contributed by atoms with Crippen molar-refractivity contribution in [3.8, 4) is 11.3 Å². The summed E-state index contributed by atoms with van der Waals surface area (Å²) in [6, 6.07) is 7.58. The molecule has 0 radical (unpaired) electrons. The average Bonchev–Trinajstić information content (AvgIpc) is 3.30. The number of carbonyl (C=O) groups is 1. The molecule has 7 heteroatoms. The Hall–Kier alpha value is -3.48. The number of aromatic nitrogens is 4. The summed E-state index contributed by atoms with van der Waals surface area (Å²) in [4.78, 5) is 24.7. The van der Waals surface area contributed by atoms with Crippen LogP contribution >= 0.6 is 0 Å². The molecule has 4 rings (SSSR count). The molecule has 0 atom stereocenters. The van der Waals surface area contributed by atoms with Gasteiger partial charge in [0.1, 0.15) is 11.5 Å². The summed E-state index contributed by atoms with van der Waals surface area (Å²) in [5.41, 5.74) is 3.57. The second-order valence-electron chi connectivity index (χ2n) is 8.28. The van der Waals surface area contributed by atoms with Crippen LogP contribution in [0.5, 0.6) is 0 Å². The zero-order valence-electron chi connectivity index (χ0n) is 18.7. The van der Waals surface area contributed by atoms with E-state index in [2.05, 4.69) is 10.1 Å². The van der Waals surface area contributed by atoms with Gasteiger partial charge in [-0.15, -0.1) is 0 Å². The van der Waals surface area contributed by atoms with Gasteiger partial charge in [0.2, 0.25) is 0 Å². The molecule has 0 fully saturated rings. The molecule has 0 unspecified atom stereocenters. The predicted molar refractivity (Wildman–Crippen MR) is 121 cm³/mol. The summed E-state index contributed by atoms with van der Waals surface area (Å²) >= 11 is 0. The Labute approximate surface area is 181 Å². The molecule has 0 aliphatic rings. The number of carbonyl (C=O) groups excluding carboxylic acids is 1. The van der Waals surface area contributed by atoms with E-state index in [-0.39, 0.29) is 18.0 Å². The van der Waals surface area contributed by atoms with Crippen LogP contribution in [-0.2, 0) is 0 Å². The molecule has 4 aromatic rings. The Balaban J connectivity index is 1.96. The molecule has 0 spiro atoms. The number of hydrogen-bond acceptors (Lipinski definition) is 5. The van der Waals surface area contributed by atoms with Gasteiger partial charge in [0.05, 0.1) is 34.7 Å². The zero-order chi connectivity index (χ0) is 22.3. The summed E-state index contributed by atoms with van der Waals surface area (Å²) in [5.74, 6) is 1.46. The van der Waals surface area contributed by atoms with Crippen LogP contribution in [0, 0.1) is 13.8 Å². The molecule has 160 valence electrons. The Kier molecular flexibility index (Phi) is 5.35. The first-order valence-electron chi connectivity index (χ1n) is 10.5. The monoisotopic (exact) mass is 417 g/mol. The average molecular weight is 418 g/mol. The minimum absolute atomic E-state index is 0.0542. The highest BCUT2D eigenvalue weighted by atomic mass is 16.3. The Morgan fingerprint density at radius 1 is 1.13 bits per heavy atom. The molecule has 7 nitrogen and oxygen atoms in total. The number of rotatable bonds is 5. The van der Waals surface area contributed by atoms with Crippen molar-refractivity contribution < 1.29 is 9.21 Å². The van der Waals surface area contributed by atoms with Crippen molar-refractivity contribution >= 4 is 22.6 Å². The number of hydrogen-bond donors (Lipinski definition) is 0. The van der Waals surface area contributed by atoms with Crippen molar-refractivity contribution in [1.82, 2.24) is 19.7 Å². The van der Waals surface area contributed by atoms with Crippen molar-refractivity contribution in [3.05, 3.63) is 59.9 Å². The Morgan fingerprint density at radius 3 is 2.48 bits per heavy atom. The standard InChI is InChI=1S/C24H27N5O2/c1-14(2)28(18-8-7-9-25-12-18)24(30)20-11-22(19-10-16(5)31-17(19)6)27-23-21(20)13-26-29(23)15(3)4/h7-15H,1-6H3. The summed E-state index contributed by atoms with van der Waals surface area (Å²) in [7, 11) is 0. The van der Waals surface area contributed by atoms with E-state index in [1.807, 2.05) is 70.5 Å². The molecule has 0 aliphatic heterocycles. The maximum atomic E-state index is 13.9. The van der Waals surface area contributed by atoms with E-state index in [1.54, 1.807) is 23.5 Å². The molecule has 0 N–H and O–H groups in total. The van der Waals surface area contributed by atoms with Gasteiger partial charge in [-0.1, -0.05) is 0 Å². The van der Waals surface area contributed by atoms with Crippen LogP contribution in [0.4, 0.5) is 5.69 Å². The lowest BCUT2D eigenvalue weighted by atomic mass is 10.1. The van der Waals surface area contributed by atoms with Crippen molar-refractivity contribution in [2.24, 2.45) is 0 Å². The zero-order valence-corrected chi connectivity index (χ0v) is 18.7. The number of fused-ring (bicyclic) bond motifs is 1. The largest absolute Gasteiger partial charge is 0.466 e. The topological polar surface area (TPSA) is 77.1 Å². The van der Waals surface area contributed by atoms with Crippen LogP contribution in [0.2, 0.25) is 0 Å². The number of amides is 1. The van der Waals surface area contributed by atoms with Gasteiger partial charge in [-0.2, -0.15) is 5.10 Å². The molecule has 4 heterocycles. The fourth-order valence-corrected chi connectivity index (χ4v) is 3.87. The first-order chi connectivity index (χ1) is 14.8. The number of nitrogens with zero attached hydrogens (tertiary/aromatic N) is 5. The third kappa shape index (κ3) is 3.71. The van der Waals surface area contributed by atoms with Gasteiger partial charge in [-0.25, -0.2) is 9.67 Å². The van der Waals surface area contributed by atoms with Gasteiger partial charge >= 0.3 is 0 Å². The van der Waals surface area contributed by atoms with Crippen molar-refractivity contribution in [2.75, 3.05) is 4.90 Å². The lowest BCUT2D eigenvalue weighted by Crippen LogP contribution is -2.37. The van der Waals surface area contributed by atoms with E-state index >= 15 is 0 Å². The van der Waals surface area contributed by atoms with Crippen molar-refractivity contribution in [2.45, 2.75) is 53.6 Å². The maximum Gasteiger partial charge on any atom is 0.259 e. The molecule has 4 aromatic heterocycles. The summed E-state index contributed by atoms with van der Waals surface area (Å²) in [6.45, 7) is 11.9. The van der Waals surface area contributed by atoms with Gasteiger partial charge in [0, 0.05) is 23.8 Å². The minimum Gasteiger partial charge on any atom is -0.466 e.